The van der Waals surface area contributed by atoms with E-state index in [1.807, 2.05) is 0 Å². The second kappa shape index (κ2) is 9.46. The first kappa shape index (κ1) is 24.9. The minimum absolute atomic E-state index is 0.0920. The highest BCUT2D eigenvalue weighted by atomic mass is 35.5. The Hall–Kier alpha value is -3.18. The second-order valence-corrected chi connectivity index (χ2v) is 11.9. The third-order valence-corrected chi connectivity index (χ3v) is 9.28. The zero-order valence-corrected chi connectivity index (χ0v) is 20.8. The monoisotopic (exact) mass is 550 g/mol. The molecule has 0 spiro atoms. The number of primary amides is 1. The number of hydrogen-bond donors (Lipinski definition) is 2. The first-order valence-corrected chi connectivity index (χ1v) is 13.2. The van der Waals surface area contributed by atoms with E-state index in [-0.39, 0.29) is 42.1 Å². The molecule has 2 aromatic carbocycles. The second-order valence-electron chi connectivity index (χ2n) is 7.58. The Morgan fingerprint density at radius 3 is 2.23 bits per heavy atom. The van der Waals surface area contributed by atoms with Crippen LogP contribution < -0.4 is 11.3 Å². The van der Waals surface area contributed by atoms with E-state index in [9.17, 15) is 27.9 Å². The lowest BCUT2D eigenvalue weighted by Gasteiger charge is -2.15. The number of halogens is 2. The Balaban J connectivity index is 1.63. The lowest BCUT2D eigenvalue weighted by molar-refractivity contribution is -0.116. The van der Waals surface area contributed by atoms with Crippen molar-refractivity contribution in [3.8, 4) is 11.4 Å². The molecular weight excluding hydrogens is 535 g/mol. The van der Waals surface area contributed by atoms with Crippen LogP contribution in [0.15, 0.2) is 63.6 Å². The van der Waals surface area contributed by atoms with Gasteiger partial charge >= 0.3 is 0 Å². The molecule has 0 aliphatic rings. The number of aromatic nitrogens is 1. The number of rotatable bonds is 7. The van der Waals surface area contributed by atoms with Gasteiger partial charge in [0.2, 0.25) is 0 Å². The molecule has 1 amide bonds. The number of nitrogens with two attached hydrogens (primary N) is 1. The molecule has 35 heavy (non-hydrogen) atoms. The van der Waals surface area contributed by atoms with Gasteiger partial charge in [0.25, 0.3) is 11.5 Å². The number of fused-ring (bicyclic) bond motifs is 1. The molecule has 0 fully saturated rings. The summed E-state index contributed by atoms with van der Waals surface area (Å²) < 4.78 is 26.0. The summed E-state index contributed by atoms with van der Waals surface area (Å²) in [5.74, 6) is -2.71. The van der Waals surface area contributed by atoms with Crippen molar-refractivity contribution in [2.45, 2.75) is 10.6 Å². The number of Topliss-reactive ketones (excluding diaryl/α,β-unsaturated/α-hetero) is 1. The van der Waals surface area contributed by atoms with Gasteiger partial charge in [-0.05, 0) is 29.8 Å². The van der Waals surface area contributed by atoms with Gasteiger partial charge in [-0.25, -0.2) is 8.42 Å². The highest BCUT2D eigenvalue weighted by Crippen LogP contribution is 2.35. The van der Waals surface area contributed by atoms with Gasteiger partial charge in [-0.1, -0.05) is 53.5 Å². The molecule has 3 N–H and O–H groups in total. The van der Waals surface area contributed by atoms with Gasteiger partial charge < -0.3 is 10.8 Å². The Bertz CT molecular complexity index is 1640. The molecule has 4 rings (SSSR count). The highest BCUT2D eigenvalue weighted by Gasteiger charge is 2.24. The van der Waals surface area contributed by atoms with E-state index in [4.69, 9.17) is 28.9 Å². The van der Waals surface area contributed by atoms with Gasteiger partial charge in [-0.15, -0.1) is 11.3 Å². The van der Waals surface area contributed by atoms with Crippen LogP contribution in [0.25, 0.3) is 16.5 Å². The van der Waals surface area contributed by atoms with E-state index in [0.717, 1.165) is 15.9 Å². The number of pyridine rings is 1. The van der Waals surface area contributed by atoms with Crippen molar-refractivity contribution in [2.24, 2.45) is 5.73 Å². The molecule has 180 valence electrons. The summed E-state index contributed by atoms with van der Waals surface area (Å²) >= 11 is 12.4. The van der Waals surface area contributed by atoms with Crippen LogP contribution in [0, 0.1) is 0 Å². The molecule has 12 heteroatoms. The van der Waals surface area contributed by atoms with E-state index in [2.05, 4.69) is 0 Å². The third-order valence-electron chi connectivity index (χ3n) is 5.17. The molecule has 2 aromatic heterocycles. The SMILES string of the molecule is NC(=O)c1c(O)c2ccccc2c(=O)n1-c1ccc(CC(=O)CS(=O)(=O)c2cc(Cl)c(Cl)s2)cc1. The average molecular weight is 551 g/mol. The standard InChI is InChI=1S/C23H16Cl2N2O6S2/c24-17-10-18(34-21(17)25)35(32,33)11-14(28)9-12-5-7-13(8-6-12)27-19(22(26)30)20(29)15-3-1-2-4-16(15)23(27)31/h1-8,10,29H,9,11H2,(H2,26,30). The van der Waals surface area contributed by atoms with Crippen LogP contribution in [0.3, 0.4) is 0 Å². The van der Waals surface area contributed by atoms with E-state index < -0.39 is 38.6 Å². The number of carbonyl (C=O) groups excluding carboxylic acids is 2. The molecule has 0 aliphatic carbocycles. The first-order chi connectivity index (χ1) is 16.5. The molecule has 4 aromatic rings. The predicted molar refractivity (Wildman–Crippen MR) is 135 cm³/mol. The van der Waals surface area contributed by atoms with Crippen LogP contribution in [0.2, 0.25) is 9.36 Å². The van der Waals surface area contributed by atoms with Gasteiger partial charge in [0.1, 0.15) is 14.3 Å². The maximum Gasteiger partial charge on any atom is 0.269 e. The summed E-state index contributed by atoms with van der Waals surface area (Å²) in [6.45, 7) is 0. The summed E-state index contributed by atoms with van der Waals surface area (Å²) in [6.07, 6.45) is -0.188. The van der Waals surface area contributed by atoms with Gasteiger partial charge in [0.05, 0.1) is 10.4 Å². The minimum atomic E-state index is -3.90. The zero-order chi connectivity index (χ0) is 25.5. The summed E-state index contributed by atoms with van der Waals surface area (Å²) in [5.41, 5.74) is 5.23. The highest BCUT2D eigenvalue weighted by molar-refractivity contribution is 7.94. The molecular formula is C23H16Cl2N2O6S2. The largest absolute Gasteiger partial charge is 0.505 e. The molecule has 0 saturated heterocycles. The molecule has 0 unspecified atom stereocenters. The van der Waals surface area contributed by atoms with Crippen LogP contribution in [0.5, 0.6) is 5.75 Å². The number of ketones is 1. The summed E-state index contributed by atoms with van der Waals surface area (Å²) in [5, 5.41) is 11.1. The summed E-state index contributed by atoms with van der Waals surface area (Å²) in [6, 6.07) is 13.4. The Kier molecular flexibility index (Phi) is 6.74. The van der Waals surface area contributed by atoms with Crippen molar-refractivity contribution in [1.29, 1.82) is 0 Å². The van der Waals surface area contributed by atoms with E-state index in [1.54, 1.807) is 12.1 Å². The van der Waals surface area contributed by atoms with Crippen molar-refractivity contribution >= 4 is 66.8 Å². The van der Waals surface area contributed by atoms with Crippen molar-refractivity contribution in [3.63, 3.8) is 0 Å². The normalized spacial score (nSPS) is 11.6. The molecule has 0 aliphatic heterocycles. The number of nitrogens with zero attached hydrogens (tertiary/aromatic N) is 1. The van der Waals surface area contributed by atoms with E-state index >= 15 is 0 Å². The van der Waals surface area contributed by atoms with Crippen LogP contribution in [-0.2, 0) is 21.1 Å². The molecule has 8 nitrogen and oxygen atoms in total. The van der Waals surface area contributed by atoms with Gasteiger partial charge in [-0.3, -0.25) is 19.0 Å². The fourth-order valence-electron chi connectivity index (χ4n) is 3.61. The summed E-state index contributed by atoms with van der Waals surface area (Å²) in [7, 11) is -3.90. The van der Waals surface area contributed by atoms with Gasteiger partial charge in [-0.2, -0.15) is 0 Å². The van der Waals surface area contributed by atoms with E-state index in [1.165, 1.54) is 42.5 Å². The number of amides is 1. The number of hydrogen-bond acceptors (Lipinski definition) is 7. The molecule has 0 saturated carbocycles. The Morgan fingerprint density at radius 2 is 1.66 bits per heavy atom. The van der Waals surface area contributed by atoms with Crippen LogP contribution in [0.4, 0.5) is 0 Å². The van der Waals surface area contributed by atoms with E-state index in [0.29, 0.717) is 5.56 Å². The number of thiophene rings is 1. The third kappa shape index (κ3) is 4.83. The average Bonchev–Trinajstić information content (AvgIpc) is 3.15. The maximum absolute atomic E-state index is 13.1. The van der Waals surface area contributed by atoms with Gasteiger partial charge in [0, 0.05) is 17.5 Å². The number of carbonyl (C=O) groups is 2. The smallest absolute Gasteiger partial charge is 0.269 e. The fourth-order valence-corrected chi connectivity index (χ4v) is 6.81. The fraction of sp³-hybridized carbons (Fsp3) is 0.0870. The molecule has 0 bridgehead atoms. The van der Waals surface area contributed by atoms with Crippen molar-refractivity contribution in [3.05, 3.63) is 85.6 Å². The first-order valence-electron chi connectivity index (χ1n) is 9.94. The Labute approximate surface area is 213 Å². The molecule has 0 radical (unpaired) electrons. The molecule has 0 atom stereocenters. The quantitative estimate of drug-likeness (QED) is 0.359. The van der Waals surface area contributed by atoms with Gasteiger partial charge in [0.15, 0.2) is 27.1 Å². The topological polar surface area (TPSA) is 137 Å². The Morgan fingerprint density at radius 1 is 1.03 bits per heavy atom. The van der Waals surface area contributed by atoms with Crippen LogP contribution in [0.1, 0.15) is 16.1 Å². The minimum Gasteiger partial charge on any atom is -0.505 e. The van der Waals surface area contributed by atoms with Crippen LogP contribution in [-0.4, -0.2) is 35.5 Å². The van der Waals surface area contributed by atoms with Crippen molar-refractivity contribution < 1.29 is 23.1 Å². The lowest BCUT2D eigenvalue weighted by Crippen LogP contribution is -2.28. The van der Waals surface area contributed by atoms with Crippen LogP contribution >= 0.6 is 34.5 Å². The summed E-state index contributed by atoms with van der Waals surface area (Å²) in [4.78, 5) is 37.6. The maximum atomic E-state index is 13.1. The van der Waals surface area contributed by atoms with Crippen molar-refractivity contribution in [1.82, 2.24) is 4.57 Å². The van der Waals surface area contributed by atoms with Crippen molar-refractivity contribution in [2.75, 3.05) is 5.75 Å². The lowest BCUT2D eigenvalue weighted by atomic mass is 10.1. The number of sulfone groups is 1. The number of benzene rings is 2. The predicted octanol–water partition coefficient (Wildman–Crippen LogP) is 3.75. The number of aromatic hydroxyl groups is 1. The zero-order valence-electron chi connectivity index (χ0n) is 17.7. The molecule has 2 heterocycles.